The number of carbonyl (C=O) groups is 2. The Morgan fingerprint density at radius 1 is 1.03 bits per heavy atom. The summed E-state index contributed by atoms with van der Waals surface area (Å²) in [4.78, 5) is 37.5. The first-order chi connectivity index (χ1) is 17.7. The van der Waals surface area contributed by atoms with Gasteiger partial charge in [-0.25, -0.2) is 14.4 Å². The summed E-state index contributed by atoms with van der Waals surface area (Å²) < 4.78 is 16.4. The van der Waals surface area contributed by atoms with Gasteiger partial charge in [-0.3, -0.25) is 18.9 Å². The molecule has 1 aliphatic rings. The Hall–Kier alpha value is -4.37. The van der Waals surface area contributed by atoms with Gasteiger partial charge in [0.15, 0.2) is 10.9 Å². The van der Waals surface area contributed by atoms with Crippen molar-refractivity contribution in [2.75, 3.05) is 4.90 Å². The molecule has 0 radical (unpaired) electrons. The number of carbonyl (C=O) groups excluding carboxylic acids is 2. The minimum absolute atomic E-state index is 0.0995. The summed E-state index contributed by atoms with van der Waals surface area (Å²) in [6, 6.07) is 13.9. The second-order valence-corrected chi connectivity index (χ2v) is 10.1. The van der Waals surface area contributed by atoms with E-state index in [2.05, 4.69) is 4.98 Å². The van der Waals surface area contributed by atoms with Gasteiger partial charge < -0.3 is 5.11 Å². The summed E-state index contributed by atoms with van der Waals surface area (Å²) >= 11 is 1.29. The molecular formula is C28H21FN4O3S. The molecule has 1 amide bonds. The number of amides is 1. The van der Waals surface area contributed by atoms with Gasteiger partial charge in [-0.15, -0.1) is 0 Å². The van der Waals surface area contributed by atoms with Crippen LogP contribution in [0.1, 0.15) is 34.1 Å². The Labute approximate surface area is 215 Å². The fraction of sp³-hybridized carbons (Fsp3) is 0.143. The smallest absolute Gasteiger partial charge is 0.301 e. The molecule has 37 heavy (non-hydrogen) atoms. The zero-order valence-corrected chi connectivity index (χ0v) is 21.0. The van der Waals surface area contributed by atoms with Crippen LogP contribution in [0.4, 0.5) is 9.52 Å². The maximum atomic E-state index is 13.8. The highest BCUT2D eigenvalue weighted by Crippen LogP contribution is 2.45. The van der Waals surface area contributed by atoms with Gasteiger partial charge in [0.2, 0.25) is 0 Å². The Morgan fingerprint density at radius 3 is 2.54 bits per heavy atom. The molecule has 0 spiro atoms. The molecule has 1 N–H and O–H groups in total. The van der Waals surface area contributed by atoms with E-state index in [9.17, 15) is 19.1 Å². The van der Waals surface area contributed by atoms with E-state index in [-0.39, 0.29) is 11.3 Å². The second kappa shape index (κ2) is 8.35. The molecule has 1 unspecified atom stereocenters. The first-order valence-electron chi connectivity index (χ1n) is 11.6. The summed E-state index contributed by atoms with van der Waals surface area (Å²) in [6.45, 7) is 5.65. The molecule has 1 atom stereocenters. The van der Waals surface area contributed by atoms with Crippen LogP contribution in [0, 0.1) is 26.6 Å². The van der Waals surface area contributed by atoms with Gasteiger partial charge >= 0.3 is 5.91 Å². The molecule has 1 aliphatic heterocycles. The van der Waals surface area contributed by atoms with Crippen molar-refractivity contribution >= 4 is 49.8 Å². The first-order valence-corrected chi connectivity index (χ1v) is 12.4. The highest BCUT2D eigenvalue weighted by atomic mass is 32.1. The van der Waals surface area contributed by atoms with Crippen molar-refractivity contribution < 1.29 is 19.1 Å². The third-order valence-corrected chi connectivity index (χ3v) is 7.59. The highest BCUT2D eigenvalue weighted by molar-refractivity contribution is 7.22. The molecule has 0 aliphatic carbocycles. The van der Waals surface area contributed by atoms with Crippen LogP contribution in [-0.4, -0.2) is 31.2 Å². The van der Waals surface area contributed by atoms with Crippen molar-refractivity contribution in [2.45, 2.75) is 26.8 Å². The number of thiazole rings is 1. The molecule has 5 aromatic rings. The average Bonchev–Trinajstić information content (AvgIpc) is 3.51. The molecule has 7 nitrogen and oxygen atoms in total. The summed E-state index contributed by atoms with van der Waals surface area (Å²) in [6.07, 6.45) is 1.73. The van der Waals surface area contributed by atoms with E-state index >= 15 is 0 Å². The van der Waals surface area contributed by atoms with Gasteiger partial charge in [0.25, 0.3) is 5.78 Å². The van der Waals surface area contributed by atoms with E-state index in [0.29, 0.717) is 27.7 Å². The molecular weight excluding hydrogens is 491 g/mol. The predicted molar refractivity (Wildman–Crippen MR) is 140 cm³/mol. The normalized spacial score (nSPS) is 17.4. The van der Waals surface area contributed by atoms with Crippen LogP contribution in [0.5, 0.6) is 0 Å². The molecule has 3 aromatic heterocycles. The molecule has 1 saturated heterocycles. The molecule has 0 bridgehead atoms. The number of anilines is 1. The predicted octanol–water partition coefficient (Wildman–Crippen LogP) is 5.63. The van der Waals surface area contributed by atoms with Crippen LogP contribution < -0.4 is 4.90 Å². The molecule has 4 heterocycles. The van der Waals surface area contributed by atoms with E-state index in [1.54, 1.807) is 29.7 Å². The third-order valence-electron chi connectivity index (χ3n) is 6.58. The van der Waals surface area contributed by atoms with Crippen molar-refractivity contribution in [3.8, 4) is 0 Å². The van der Waals surface area contributed by atoms with Crippen molar-refractivity contribution in [3.63, 3.8) is 0 Å². The van der Waals surface area contributed by atoms with Gasteiger partial charge in [-0.05, 0) is 67.8 Å². The Balaban J connectivity index is 1.62. The largest absolute Gasteiger partial charge is 0.505 e. The number of aryl methyl sites for hydroxylation is 3. The van der Waals surface area contributed by atoms with Crippen LogP contribution in [0.25, 0.3) is 21.6 Å². The van der Waals surface area contributed by atoms with Crippen LogP contribution in [0.15, 0.2) is 66.4 Å². The summed E-state index contributed by atoms with van der Waals surface area (Å²) in [7, 11) is 0. The Kier molecular flexibility index (Phi) is 5.20. The number of aliphatic hydroxyl groups is 1. The number of rotatable bonds is 3. The standard InChI is InChI=1S/C28H21FN4O3S/c1-14-12-15(2)22-19(13-14)37-28(31-22)33-24(17-7-9-18(29)10-8-17)21(26(35)27(33)36)25(34)23-16(3)30-20-6-4-5-11-32(20)23/h4-13,24,34H,1-3H3/b25-21+. The number of imidazole rings is 1. The molecule has 1 fully saturated rings. The van der Waals surface area contributed by atoms with E-state index in [1.165, 1.54) is 40.5 Å². The molecule has 2 aromatic carbocycles. The molecule has 9 heteroatoms. The third kappa shape index (κ3) is 3.54. The molecule has 184 valence electrons. The Bertz CT molecular complexity index is 1780. The number of hydrogen-bond acceptors (Lipinski definition) is 6. The fourth-order valence-electron chi connectivity index (χ4n) is 4.98. The van der Waals surface area contributed by atoms with Gasteiger partial charge in [0.1, 0.15) is 17.2 Å². The van der Waals surface area contributed by atoms with E-state index in [0.717, 1.165) is 21.3 Å². The number of aliphatic hydroxyl groups excluding tert-OH is 1. The van der Waals surface area contributed by atoms with E-state index in [1.807, 2.05) is 32.0 Å². The number of pyridine rings is 1. The highest BCUT2D eigenvalue weighted by Gasteiger charge is 2.48. The number of halogens is 1. The lowest BCUT2D eigenvalue weighted by Gasteiger charge is -2.23. The van der Waals surface area contributed by atoms with Crippen molar-refractivity contribution in [1.82, 2.24) is 14.4 Å². The summed E-state index contributed by atoms with van der Waals surface area (Å²) in [5, 5.41) is 11.9. The topological polar surface area (TPSA) is 87.8 Å². The summed E-state index contributed by atoms with van der Waals surface area (Å²) in [5.41, 5.74) is 4.52. The lowest BCUT2D eigenvalue weighted by molar-refractivity contribution is -0.132. The monoisotopic (exact) mass is 512 g/mol. The van der Waals surface area contributed by atoms with Crippen molar-refractivity contribution in [3.05, 3.63) is 100 Å². The van der Waals surface area contributed by atoms with Gasteiger partial charge in [-0.1, -0.05) is 35.6 Å². The van der Waals surface area contributed by atoms with Crippen molar-refractivity contribution in [2.24, 2.45) is 0 Å². The average molecular weight is 513 g/mol. The zero-order chi connectivity index (χ0) is 26.0. The SMILES string of the molecule is Cc1cc(C)c2nc(N3C(=O)C(=O)/C(=C(/O)c4c(C)nc5ccccn45)C3c3ccc(F)cc3)sc2c1. The molecule has 6 rings (SSSR count). The minimum Gasteiger partial charge on any atom is -0.505 e. The van der Waals surface area contributed by atoms with Crippen LogP contribution in [-0.2, 0) is 9.59 Å². The number of fused-ring (bicyclic) bond motifs is 2. The number of nitrogens with zero attached hydrogens (tertiary/aromatic N) is 4. The lowest BCUT2D eigenvalue weighted by atomic mass is 9.96. The van der Waals surface area contributed by atoms with E-state index in [4.69, 9.17) is 4.98 Å². The zero-order valence-electron chi connectivity index (χ0n) is 20.2. The number of hydrogen-bond donors (Lipinski definition) is 1. The van der Waals surface area contributed by atoms with Gasteiger partial charge in [-0.2, -0.15) is 0 Å². The number of aromatic nitrogens is 3. The van der Waals surface area contributed by atoms with Crippen molar-refractivity contribution in [1.29, 1.82) is 0 Å². The maximum absolute atomic E-state index is 13.8. The number of benzene rings is 2. The fourth-order valence-corrected chi connectivity index (χ4v) is 6.15. The second-order valence-electron chi connectivity index (χ2n) is 9.12. The van der Waals surface area contributed by atoms with Crippen LogP contribution in [0.2, 0.25) is 0 Å². The van der Waals surface area contributed by atoms with E-state index < -0.39 is 23.5 Å². The molecule has 0 saturated carbocycles. The first kappa shape index (κ1) is 23.1. The maximum Gasteiger partial charge on any atom is 0.301 e. The van der Waals surface area contributed by atoms with Crippen LogP contribution >= 0.6 is 11.3 Å². The summed E-state index contributed by atoms with van der Waals surface area (Å²) in [5.74, 6) is -2.45. The van der Waals surface area contributed by atoms with Gasteiger partial charge in [0, 0.05) is 6.20 Å². The minimum atomic E-state index is -1.00. The number of ketones is 1. The lowest BCUT2D eigenvalue weighted by Crippen LogP contribution is -2.29. The van der Waals surface area contributed by atoms with Crippen LogP contribution in [0.3, 0.4) is 0 Å². The Morgan fingerprint density at radius 2 is 1.78 bits per heavy atom. The number of Topliss-reactive ketones (excluding diaryl/α,β-unsaturated/α-hetero) is 1. The van der Waals surface area contributed by atoms with Gasteiger partial charge in [0.05, 0.1) is 27.5 Å². The quantitative estimate of drug-likeness (QED) is 0.192.